The van der Waals surface area contributed by atoms with Gasteiger partial charge in [0.2, 0.25) is 0 Å². The summed E-state index contributed by atoms with van der Waals surface area (Å²) in [6, 6.07) is 14.9. The summed E-state index contributed by atoms with van der Waals surface area (Å²) in [6.45, 7) is 3.61. The molecular weight excluding hydrogens is 446 g/mol. The molecule has 2 aliphatic heterocycles. The summed E-state index contributed by atoms with van der Waals surface area (Å²) in [5.74, 6) is -0.434. The van der Waals surface area contributed by atoms with Gasteiger partial charge in [0, 0.05) is 36.8 Å². The number of aromatic nitrogens is 1. The zero-order chi connectivity index (χ0) is 24.5. The number of amides is 1. The largest absolute Gasteiger partial charge is 0.507 e. The van der Waals surface area contributed by atoms with Crippen LogP contribution in [0.2, 0.25) is 0 Å². The van der Waals surface area contributed by atoms with E-state index in [1.807, 2.05) is 18.9 Å². The Hall–Kier alpha value is -4.33. The molecule has 35 heavy (non-hydrogen) atoms. The summed E-state index contributed by atoms with van der Waals surface area (Å²) in [4.78, 5) is 34.2. The van der Waals surface area contributed by atoms with Crippen LogP contribution in [0.4, 0.5) is 11.4 Å². The zero-order valence-corrected chi connectivity index (χ0v) is 19.5. The van der Waals surface area contributed by atoms with Gasteiger partial charge in [0.15, 0.2) is 0 Å². The Morgan fingerprint density at radius 3 is 2.71 bits per heavy atom. The molecule has 3 heterocycles. The molecular formula is C27H25N3O5. The van der Waals surface area contributed by atoms with Gasteiger partial charge >= 0.3 is 0 Å². The molecule has 0 aliphatic carbocycles. The minimum absolute atomic E-state index is 0.0161. The Bertz CT molecular complexity index is 1320. The van der Waals surface area contributed by atoms with Crippen LogP contribution in [0.1, 0.15) is 24.1 Å². The van der Waals surface area contributed by atoms with Gasteiger partial charge in [-0.15, -0.1) is 0 Å². The van der Waals surface area contributed by atoms with Crippen LogP contribution < -0.4 is 19.3 Å². The second-order valence-electron chi connectivity index (χ2n) is 8.33. The van der Waals surface area contributed by atoms with Crippen molar-refractivity contribution in [2.24, 2.45) is 0 Å². The Balaban J connectivity index is 1.67. The van der Waals surface area contributed by atoms with Crippen LogP contribution in [0.5, 0.6) is 11.5 Å². The number of ketones is 1. The summed E-state index contributed by atoms with van der Waals surface area (Å²) >= 11 is 0. The summed E-state index contributed by atoms with van der Waals surface area (Å²) in [7, 11) is 1.94. The first-order chi connectivity index (χ1) is 17.0. The maximum atomic E-state index is 13.4. The molecule has 1 atom stereocenters. The molecule has 0 radical (unpaired) electrons. The number of ether oxygens (including phenoxy) is 2. The fourth-order valence-corrected chi connectivity index (χ4v) is 4.50. The van der Waals surface area contributed by atoms with E-state index in [1.165, 1.54) is 4.90 Å². The summed E-state index contributed by atoms with van der Waals surface area (Å²) in [6.07, 6.45) is 3.19. The molecule has 1 saturated heterocycles. The van der Waals surface area contributed by atoms with Crippen molar-refractivity contribution in [1.29, 1.82) is 0 Å². The first-order valence-corrected chi connectivity index (χ1v) is 11.4. The van der Waals surface area contributed by atoms with E-state index >= 15 is 0 Å². The number of likely N-dealkylation sites (N-methyl/N-ethyl adjacent to an activating group) is 1. The predicted octanol–water partition coefficient (Wildman–Crippen LogP) is 3.94. The van der Waals surface area contributed by atoms with Gasteiger partial charge in [-0.2, -0.15) is 0 Å². The number of hydrogen-bond acceptors (Lipinski definition) is 7. The van der Waals surface area contributed by atoms with Gasteiger partial charge in [0.1, 0.15) is 23.9 Å². The molecule has 178 valence electrons. The maximum Gasteiger partial charge on any atom is 0.300 e. The summed E-state index contributed by atoms with van der Waals surface area (Å²) in [5, 5.41) is 11.4. The second kappa shape index (κ2) is 9.13. The van der Waals surface area contributed by atoms with Crippen molar-refractivity contribution in [2.75, 3.05) is 36.6 Å². The highest BCUT2D eigenvalue weighted by Crippen LogP contribution is 2.43. The standard InChI is InChI=1S/C27H25N3O5/c1-3-34-20-6-4-5-19(16-20)30-24(17-9-11-28-12-10-17)23(26(32)27(30)33)25(31)18-7-8-22-21(15-18)29(2)13-14-35-22/h4-12,15-16,24,31H,3,13-14H2,1-2H3/b25-23-. The molecule has 2 aromatic carbocycles. The Morgan fingerprint density at radius 2 is 1.94 bits per heavy atom. The van der Waals surface area contributed by atoms with Gasteiger partial charge in [-0.1, -0.05) is 6.07 Å². The number of pyridine rings is 1. The number of nitrogens with zero attached hydrogens (tertiary/aromatic N) is 3. The van der Waals surface area contributed by atoms with Crippen molar-refractivity contribution in [3.63, 3.8) is 0 Å². The molecule has 8 nitrogen and oxygen atoms in total. The average Bonchev–Trinajstić information content (AvgIpc) is 3.15. The number of fused-ring (bicyclic) bond motifs is 1. The lowest BCUT2D eigenvalue weighted by atomic mass is 9.95. The van der Waals surface area contributed by atoms with Crippen molar-refractivity contribution in [3.8, 4) is 11.5 Å². The number of rotatable bonds is 5. The fourth-order valence-electron chi connectivity index (χ4n) is 4.50. The molecule has 1 amide bonds. The smallest absolute Gasteiger partial charge is 0.300 e. The molecule has 1 N–H and O–H groups in total. The van der Waals surface area contributed by atoms with E-state index in [0.29, 0.717) is 48.1 Å². The Morgan fingerprint density at radius 1 is 1.14 bits per heavy atom. The van der Waals surface area contributed by atoms with Crippen molar-refractivity contribution in [1.82, 2.24) is 4.98 Å². The quantitative estimate of drug-likeness (QED) is 0.342. The number of carbonyl (C=O) groups excluding carboxylic acids is 2. The first-order valence-electron chi connectivity index (χ1n) is 11.4. The van der Waals surface area contributed by atoms with Crippen LogP contribution in [0, 0.1) is 0 Å². The lowest BCUT2D eigenvalue weighted by Crippen LogP contribution is -2.29. The van der Waals surface area contributed by atoms with Gasteiger partial charge in [0.25, 0.3) is 11.7 Å². The van der Waals surface area contributed by atoms with Crippen LogP contribution in [0.15, 0.2) is 72.6 Å². The van der Waals surface area contributed by atoms with Crippen LogP contribution >= 0.6 is 0 Å². The lowest BCUT2D eigenvalue weighted by molar-refractivity contribution is -0.132. The van der Waals surface area contributed by atoms with Gasteiger partial charge in [0.05, 0.1) is 30.5 Å². The minimum atomic E-state index is -0.833. The normalized spacial score (nSPS) is 18.9. The number of benzene rings is 2. The molecule has 0 spiro atoms. The first kappa shape index (κ1) is 22.5. The molecule has 1 aromatic heterocycles. The third-order valence-corrected chi connectivity index (χ3v) is 6.20. The third-order valence-electron chi connectivity index (χ3n) is 6.20. The Labute approximate surface area is 203 Å². The maximum absolute atomic E-state index is 13.4. The van der Waals surface area contributed by atoms with Gasteiger partial charge in [-0.05, 0) is 55.0 Å². The highest BCUT2D eigenvalue weighted by atomic mass is 16.5. The van der Waals surface area contributed by atoms with E-state index in [2.05, 4.69) is 4.98 Å². The summed E-state index contributed by atoms with van der Waals surface area (Å²) in [5.41, 5.74) is 2.40. The van der Waals surface area contributed by atoms with Gasteiger partial charge in [-0.3, -0.25) is 19.5 Å². The van der Waals surface area contributed by atoms with Crippen molar-refractivity contribution in [2.45, 2.75) is 13.0 Å². The van der Waals surface area contributed by atoms with E-state index in [4.69, 9.17) is 9.47 Å². The molecule has 0 saturated carbocycles. The molecule has 5 rings (SSSR count). The molecule has 0 bridgehead atoms. The number of aliphatic hydroxyl groups is 1. The van der Waals surface area contributed by atoms with Crippen molar-refractivity contribution in [3.05, 3.63) is 83.7 Å². The zero-order valence-electron chi connectivity index (χ0n) is 19.5. The van der Waals surface area contributed by atoms with Crippen LogP contribution in [-0.2, 0) is 9.59 Å². The minimum Gasteiger partial charge on any atom is -0.507 e. The average molecular weight is 472 g/mol. The number of carbonyl (C=O) groups is 2. The number of aliphatic hydroxyl groups excluding tert-OH is 1. The number of Topliss-reactive ketones (excluding diaryl/α,β-unsaturated/α-hetero) is 1. The van der Waals surface area contributed by atoms with E-state index in [-0.39, 0.29) is 11.3 Å². The lowest BCUT2D eigenvalue weighted by Gasteiger charge is -2.28. The highest BCUT2D eigenvalue weighted by Gasteiger charge is 2.47. The third kappa shape index (κ3) is 3.97. The van der Waals surface area contributed by atoms with Crippen molar-refractivity contribution < 1.29 is 24.2 Å². The van der Waals surface area contributed by atoms with E-state index in [1.54, 1.807) is 67.0 Å². The fraction of sp³-hybridized carbons (Fsp3) is 0.222. The van der Waals surface area contributed by atoms with Gasteiger partial charge < -0.3 is 19.5 Å². The Kier molecular flexibility index (Phi) is 5.86. The highest BCUT2D eigenvalue weighted by molar-refractivity contribution is 6.51. The number of anilines is 2. The molecule has 8 heteroatoms. The monoisotopic (exact) mass is 471 g/mol. The van der Waals surface area contributed by atoms with E-state index in [9.17, 15) is 14.7 Å². The SMILES string of the molecule is CCOc1cccc(N2C(=O)C(=O)/C(=C(\O)c3ccc4c(c3)N(C)CCO4)C2c2ccncc2)c1. The molecule has 1 unspecified atom stereocenters. The van der Waals surface area contributed by atoms with E-state index in [0.717, 1.165) is 5.69 Å². The van der Waals surface area contributed by atoms with Crippen molar-refractivity contribution >= 4 is 28.8 Å². The molecule has 2 aliphatic rings. The molecule has 1 fully saturated rings. The number of hydrogen-bond donors (Lipinski definition) is 1. The molecule has 3 aromatic rings. The van der Waals surface area contributed by atoms with Crippen LogP contribution in [0.3, 0.4) is 0 Å². The predicted molar refractivity (Wildman–Crippen MR) is 132 cm³/mol. The van der Waals surface area contributed by atoms with Crippen LogP contribution in [0.25, 0.3) is 5.76 Å². The summed E-state index contributed by atoms with van der Waals surface area (Å²) < 4.78 is 11.3. The van der Waals surface area contributed by atoms with E-state index < -0.39 is 17.7 Å². The van der Waals surface area contributed by atoms with Crippen LogP contribution in [-0.4, -0.2) is 48.6 Å². The second-order valence-corrected chi connectivity index (χ2v) is 8.33. The van der Waals surface area contributed by atoms with Gasteiger partial charge in [-0.25, -0.2) is 0 Å². The topological polar surface area (TPSA) is 92.2 Å².